The van der Waals surface area contributed by atoms with Crippen molar-refractivity contribution < 1.29 is 13.2 Å². The molecule has 1 aliphatic heterocycles. The molecule has 1 aromatic heterocycles. The van der Waals surface area contributed by atoms with Crippen LogP contribution in [0.1, 0.15) is 36.5 Å². The number of hydrogen-bond acceptors (Lipinski definition) is 5. The van der Waals surface area contributed by atoms with Gasteiger partial charge in [-0.25, -0.2) is 18.1 Å². The van der Waals surface area contributed by atoms with Gasteiger partial charge in [-0.1, -0.05) is 30.3 Å². The van der Waals surface area contributed by atoms with E-state index < -0.39 is 10.0 Å². The van der Waals surface area contributed by atoms with Crippen molar-refractivity contribution in [2.24, 2.45) is 5.92 Å². The smallest absolute Gasteiger partial charge is 0.226 e. The van der Waals surface area contributed by atoms with Crippen molar-refractivity contribution in [3.8, 4) is 10.6 Å². The molecular formula is C20H25N3O3S2. The molecule has 1 saturated carbocycles. The van der Waals surface area contributed by atoms with Crippen LogP contribution in [0.25, 0.3) is 10.6 Å². The number of carbonyl (C=O) groups excluding carboxylic acids is 1. The number of rotatable bonds is 5. The third-order valence-electron chi connectivity index (χ3n) is 5.44. The van der Waals surface area contributed by atoms with E-state index in [-0.39, 0.29) is 23.8 Å². The monoisotopic (exact) mass is 419 g/mol. The summed E-state index contributed by atoms with van der Waals surface area (Å²) in [5, 5.41) is 0.998. The first-order valence-corrected chi connectivity index (χ1v) is 12.4. The molecule has 28 heavy (non-hydrogen) atoms. The van der Waals surface area contributed by atoms with E-state index in [4.69, 9.17) is 0 Å². The van der Waals surface area contributed by atoms with Crippen molar-refractivity contribution in [1.29, 1.82) is 0 Å². The third kappa shape index (κ3) is 4.61. The number of aromatic nitrogens is 1. The van der Waals surface area contributed by atoms with Crippen LogP contribution in [-0.4, -0.2) is 49.6 Å². The molecule has 4 rings (SSSR count). The normalized spacial score (nSPS) is 25.3. The molecule has 0 unspecified atom stereocenters. The predicted octanol–water partition coefficient (Wildman–Crippen LogP) is 2.84. The third-order valence-corrected chi connectivity index (χ3v) is 7.38. The average Bonchev–Trinajstić information content (AvgIpc) is 3.37. The van der Waals surface area contributed by atoms with Crippen molar-refractivity contribution in [1.82, 2.24) is 14.6 Å². The Morgan fingerprint density at radius 1 is 1.21 bits per heavy atom. The van der Waals surface area contributed by atoms with Gasteiger partial charge in [0.1, 0.15) is 5.01 Å². The fourth-order valence-corrected chi connectivity index (χ4v) is 5.87. The van der Waals surface area contributed by atoms with Crippen LogP contribution in [0.4, 0.5) is 0 Å². The van der Waals surface area contributed by atoms with Crippen molar-refractivity contribution >= 4 is 27.3 Å². The second-order valence-corrected chi connectivity index (χ2v) is 10.6. The highest BCUT2D eigenvalue weighted by atomic mass is 32.2. The summed E-state index contributed by atoms with van der Waals surface area (Å²) in [6, 6.07) is 10.0. The Morgan fingerprint density at radius 3 is 2.75 bits per heavy atom. The molecule has 1 N–H and O–H groups in total. The van der Waals surface area contributed by atoms with Crippen LogP contribution in [0.15, 0.2) is 36.5 Å². The van der Waals surface area contributed by atoms with Crippen molar-refractivity contribution in [3.05, 3.63) is 41.4 Å². The maximum absolute atomic E-state index is 12.9. The summed E-state index contributed by atoms with van der Waals surface area (Å²) in [6.45, 7) is 1.33. The number of hydrogen-bond donors (Lipinski definition) is 1. The quantitative estimate of drug-likeness (QED) is 0.808. The molecule has 0 bridgehead atoms. The minimum atomic E-state index is -3.21. The number of carbonyl (C=O) groups is 1. The number of thiazole rings is 1. The fraction of sp³-hybridized carbons (Fsp3) is 0.500. The Hall–Kier alpha value is -1.77. The van der Waals surface area contributed by atoms with Crippen molar-refractivity contribution in [3.63, 3.8) is 0 Å². The topological polar surface area (TPSA) is 79.4 Å². The van der Waals surface area contributed by atoms with E-state index in [1.165, 1.54) is 11.1 Å². The molecule has 1 aliphatic carbocycles. The molecular weight excluding hydrogens is 394 g/mol. The molecule has 1 aromatic carbocycles. The van der Waals surface area contributed by atoms with Gasteiger partial charge in [0.15, 0.2) is 0 Å². The molecule has 2 fully saturated rings. The lowest BCUT2D eigenvalue weighted by Gasteiger charge is -2.21. The maximum Gasteiger partial charge on any atom is 0.226 e. The van der Waals surface area contributed by atoms with Crippen LogP contribution in [0.2, 0.25) is 0 Å². The van der Waals surface area contributed by atoms with Gasteiger partial charge in [-0.3, -0.25) is 4.79 Å². The lowest BCUT2D eigenvalue weighted by atomic mass is 10.1. The maximum atomic E-state index is 12.9. The molecule has 0 spiro atoms. The van der Waals surface area contributed by atoms with E-state index in [2.05, 4.69) is 21.8 Å². The lowest BCUT2D eigenvalue weighted by molar-refractivity contribution is -0.132. The van der Waals surface area contributed by atoms with Gasteiger partial charge >= 0.3 is 0 Å². The standard InChI is InChI=1S/C20H25N3O3S2/c1-28(25,26)22-15-8-5-10-23(11-9-15)20(24)17-12-16(17)18-13-21-19(27-18)14-6-3-2-4-7-14/h2-4,6-7,13,15-17,22H,5,8-12H2,1H3/t15-,16-,17-/m1/s1. The largest absolute Gasteiger partial charge is 0.342 e. The summed E-state index contributed by atoms with van der Waals surface area (Å²) < 4.78 is 25.6. The first-order valence-electron chi connectivity index (χ1n) is 9.68. The van der Waals surface area contributed by atoms with Crippen LogP contribution < -0.4 is 4.72 Å². The van der Waals surface area contributed by atoms with E-state index in [1.54, 1.807) is 11.3 Å². The molecule has 150 valence electrons. The minimum absolute atomic E-state index is 0.0449. The van der Waals surface area contributed by atoms with E-state index in [0.717, 1.165) is 29.8 Å². The molecule has 1 saturated heterocycles. The number of sulfonamides is 1. The van der Waals surface area contributed by atoms with E-state index in [9.17, 15) is 13.2 Å². The molecule has 6 nitrogen and oxygen atoms in total. The number of nitrogens with one attached hydrogen (secondary N) is 1. The Morgan fingerprint density at radius 2 is 2.00 bits per heavy atom. The molecule has 0 radical (unpaired) electrons. The number of nitrogens with zero attached hydrogens (tertiary/aromatic N) is 2. The second kappa shape index (κ2) is 7.93. The van der Waals surface area contributed by atoms with Gasteiger partial charge in [-0.2, -0.15) is 0 Å². The SMILES string of the molecule is CS(=O)(=O)N[C@@H]1CCCN(C(=O)[C@@H]2C[C@H]2c2cnc(-c3ccccc3)s2)CC1. The zero-order valence-corrected chi connectivity index (χ0v) is 17.5. The summed E-state index contributed by atoms with van der Waals surface area (Å²) in [5.41, 5.74) is 1.11. The zero-order valence-electron chi connectivity index (χ0n) is 15.9. The summed E-state index contributed by atoms with van der Waals surface area (Å²) in [5.74, 6) is 0.527. The molecule has 2 heterocycles. The Kier molecular flexibility index (Phi) is 5.53. The highest BCUT2D eigenvalue weighted by molar-refractivity contribution is 7.88. The van der Waals surface area contributed by atoms with E-state index in [1.807, 2.05) is 29.3 Å². The van der Waals surface area contributed by atoms with Crippen LogP contribution in [0.3, 0.4) is 0 Å². The van der Waals surface area contributed by atoms with Gasteiger partial charge in [0.2, 0.25) is 15.9 Å². The minimum Gasteiger partial charge on any atom is -0.342 e. The second-order valence-electron chi connectivity index (χ2n) is 7.73. The zero-order chi connectivity index (χ0) is 19.7. The highest BCUT2D eigenvalue weighted by Gasteiger charge is 2.47. The summed E-state index contributed by atoms with van der Waals surface area (Å²) >= 11 is 1.68. The van der Waals surface area contributed by atoms with Gasteiger partial charge in [0.25, 0.3) is 0 Å². The van der Waals surface area contributed by atoms with Gasteiger partial charge < -0.3 is 4.90 Å². The molecule has 2 aromatic rings. The van der Waals surface area contributed by atoms with E-state index >= 15 is 0 Å². The van der Waals surface area contributed by atoms with Gasteiger partial charge in [-0.15, -0.1) is 11.3 Å². The molecule has 1 amide bonds. The Balaban J connectivity index is 1.35. The number of likely N-dealkylation sites (tertiary alicyclic amines) is 1. The lowest BCUT2D eigenvalue weighted by Crippen LogP contribution is -2.36. The van der Waals surface area contributed by atoms with Gasteiger partial charge in [0.05, 0.1) is 6.26 Å². The van der Waals surface area contributed by atoms with Crippen LogP contribution in [-0.2, 0) is 14.8 Å². The summed E-state index contributed by atoms with van der Waals surface area (Å²) in [6.07, 6.45) is 6.27. The summed E-state index contributed by atoms with van der Waals surface area (Å²) in [4.78, 5) is 20.6. The van der Waals surface area contributed by atoms with Gasteiger partial charge in [0, 0.05) is 47.6 Å². The van der Waals surface area contributed by atoms with Crippen LogP contribution in [0, 0.1) is 5.92 Å². The molecule has 2 aliphatic rings. The molecule has 8 heteroatoms. The summed E-state index contributed by atoms with van der Waals surface area (Å²) in [7, 11) is -3.21. The van der Waals surface area contributed by atoms with Crippen LogP contribution >= 0.6 is 11.3 Å². The predicted molar refractivity (Wildman–Crippen MR) is 111 cm³/mol. The fourth-order valence-electron chi connectivity index (χ4n) is 3.93. The van der Waals surface area contributed by atoms with Crippen molar-refractivity contribution in [2.45, 2.75) is 37.6 Å². The molecule has 3 atom stereocenters. The van der Waals surface area contributed by atoms with Crippen molar-refractivity contribution in [2.75, 3.05) is 19.3 Å². The number of benzene rings is 1. The first kappa shape index (κ1) is 19.5. The van der Waals surface area contributed by atoms with E-state index in [0.29, 0.717) is 19.5 Å². The Bertz CT molecular complexity index is 943. The highest BCUT2D eigenvalue weighted by Crippen LogP contribution is 2.51. The first-order chi connectivity index (χ1) is 13.4. The number of amides is 1. The van der Waals surface area contributed by atoms with Gasteiger partial charge in [-0.05, 0) is 25.7 Å². The van der Waals surface area contributed by atoms with Crippen LogP contribution in [0.5, 0.6) is 0 Å². The average molecular weight is 420 g/mol. The Labute approximate surface area is 170 Å².